The number of epoxide rings is 2. The van der Waals surface area contributed by atoms with Crippen LogP contribution in [-0.4, -0.2) is 23.4 Å². The summed E-state index contributed by atoms with van der Waals surface area (Å²) in [5.74, 6) is 0. The van der Waals surface area contributed by atoms with Crippen molar-refractivity contribution in [2.24, 2.45) is 5.41 Å². The number of ether oxygens (including phenoxy) is 2. The van der Waals surface area contributed by atoms with Crippen molar-refractivity contribution < 1.29 is 9.47 Å². The lowest BCUT2D eigenvalue weighted by Gasteiger charge is -2.34. The zero-order chi connectivity index (χ0) is 11.7. The van der Waals surface area contributed by atoms with Gasteiger partial charge in [-0.25, -0.2) is 0 Å². The summed E-state index contributed by atoms with van der Waals surface area (Å²) in [6, 6.07) is 0. The molecule has 96 valence electrons. The van der Waals surface area contributed by atoms with Gasteiger partial charge >= 0.3 is 0 Å². The largest absolute Gasteiger partial charge is 0.366 e. The lowest BCUT2D eigenvalue weighted by molar-refractivity contribution is 0.141. The molecule has 17 heavy (non-hydrogen) atoms. The van der Waals surface area contributed by atoms with Crippen molar-refractivity contribution in [1.29, 1.82) is 0 Å². The Morgan fingerprint density at radius 1 is 0.941 bits per heavy atom. The highest BCUT2D eigenvalue weighted by Gasteiger charge is 2.69. The minimum atomic E-state index is 0.216. The van der Waals surface area contributed by atoms with Crippen LogP contribution in [0.25, 0.3) is 0 Å². The first-order chi connectivity index (χ1) is 8.04. The smallest absolute Gasteiger partial charge is 0.0981 e. The van der Waals surface area contributed by atoms with Crippen LogP contribution < -0.4 is 0 Å². The molecule has 0 aromatic rings. The summed E-state index contributed by atoms with van der Waals surface area (Å²) in [6.07, 6.45) is 11.5. The van der Waals surface area contributed by atoms with Gasteiger partial charge in [-0.15, -0.1) is 0 Å². The van der Waals surface area contributed by atoms with Crippen LogP contribution in [0.4, 0.5) is 0 Å². The predicted octanol–water partition coefficient (Wildman–Crippen LogP) is 3.44. The molecular formula is C15H24O2. The van der Waals surface area contributed by atoms with E-state index in [1.165, 1.54) is 51.4 Å². The normalized spacial score (nSPS) is 54.7. The van der Waals surface area contributed by atoms with E-state index in [9.17, 15) is 0 Å². The fourth-order valence-corrected chi connectivity index (χ4v) is 4.66. The van der Waals surface area contributed by atoms with E-state index in [-0.39, 0.29) is 11.2 Å². The van der Waals surface area contributed by atoms with Crippen LogP contribution in [0.15, 0.2) is 0 Å². The van der Waals surface area contributed by atoms with Crippen molar-refractivity contribution in [3.63, 3.8) is 0 Å². The lowest BCUT2D eigenvalue weighted by Crippen LogP contribution is -2.36. The monoisotopic (exact) mass is 236 g/mol. The third-order valence-corrected chi connectivity index (χ3v) is 5.59. The lowest BCUT2D eigenvalue weighted by atomic mass is 9.68. The van der Waals surface area contributed by atoms with Gasteiger partial charge in [-0.2, -0.15) is 0 Å². The molecular weight excluding hydrogens is 212 g/mol. The molecule has 0 radical (unpaired) electrons. The maximum absolute atomic E-state index is 6.12. The molecule has 0 spiro atoms. The molecule has 0 aromatic carbocycles. The zero-order valence-corrected chi connectivity index (χ0v) is 11.1. The molecule has 0 bridgehead atoms. The summed E-state index contributed by atoms with van der Waals surface area (Å²) in [4.78, 5) is 0. The van der Waals surface area contributed by atoms with E-state index >= 15 is 0 Å². The van der Waals surface area contributed by atoms with Crippen molar-refractivity contribution in [2.45, 2.75) is 88.6 Å². The van der Waals surface area contributed by atoms with Crippen molar-refractivity contribution in [3.05, 3.63) is 0 Å². The van der Waals surface area contributed by atoms with Crippen LogP contribution in [0, 0.1) is 5.41 Å². The molecule has 4 unspecified atom stereocenters. The van der Waals surface area contributed by atoms with Gasteiger partial charge in [-0.1, -0.05) is 26.7 Å². The topological polar surface area (TPSA) is 25.1 Å². The van der Waals surface area contributed by atoms with Crippen LogP contribution >= 0.6 is 0 Å². The quantitative estimate of drug-likeness (QED) is 0.686. The van der Waals surface area contributed by atoms with Crippen molar-refractivity contribution >= 4 is 0 Å². The van der Waals surface area contributed by atoms with Crippen LogP contribution in [0.1, 0.15) is 65.2 Å². The Labute approximate surface area is 104 Å². The molecule has 4 fully saturated rings. The second-order valence-corrected chi connectivity index (χ2v) is 7.64. The van der Waals surface area contributed by atoms with E-state index in [0.717, 1.165) is 0 Å². The summed E-state index contributed by atoms with van der Waals surface area (Å²) in [5.41, 5.74) is 0.941. The van der Waals surface area contributed by atoms with Gasteiger partial charge in [0.15, 0.2) is 0 Å². The molecule has 0 aromatic heterocycles. The molecule has 0 amide bonds. The second kappa shape index (κ2) is 3.08. The molecule has 4 atom stereocenters. The Balaban J connectivity index is 1.50. The van der Waals surface area contributed by atoms with Gasteiger partial charge in [0.1, 0.15) is 0 Å². The average molecular weight is 236 g/mol. The molecule has 2 heterocycles. The Morgan fingerprint density at radius 2 is 1.71 bits per heavy atom. The van der Waals surface area contributed by atoms with E-state index in [0.29, 0.717) is 17.6 Å². The van der Waals surface area contributed by atoms with Gasteiger partial charge in [0.2, 0.25) is 0 Å². The maximum atomic E-state index is 6.12. The van der Waals surface area contributed by atoms with E-state index in [4.69, 9.17) is 9.47 Å². The van der Waals surface area contributed by atoms with Crippen molar-refractivity contribution in [1.82, 2.24) is 0 Å². The van der Waals surface area contributed by atoms with E-state index < -0.39 is 0 Å². The first-order valence-corrected chi connectivity index (χ1v) is 7.39. The van der Waals surface area contributed by atoms with Gasteiger partial charge in [0.05, 0.1) is 23.4 Å². The van der Waals surface area contributed by atoms with Crippen molar-refractivity contribution in [3.8, 4) is 0 Å². The SMILES string of the molecule is CC1(C)CCC2OC2(CC23CCCCC2O3)C1. The molecule has 2 aliphatic heterocycles. The minimum Gasteiger partial charge on any atom is -0.366 e. The van der Waals surface area contributed by atoms with Crippen LogP contribution in [0.5, 0.6) is 0 Å². The van der Waals surface area contributed by atoms with Gasteiger partial charge < -0.3 is 9.47 Å². The van der Waals surface area contributed by atoms with Crippen LogP contribution in [-0.2, 0) is 9.47 Å². The molecule has 4 aliphatic rings. The summed E-state index contributed by atoms with van der Waals surface area (Å²) >= 11 is 0. The number of hydrogen-bond donors (Lipinski definition) is 0. The van der Waals surface area contributed by atoms with Gasteiger partial charge in [0, 0.05) is 6.42 Å². The molecule has 4 rings (SSSR count). The van der Waals surface area contributed by atoms with Gasteiger partial charge in [-0.3, -0.25) is 0 Å². The summed E-state index contributed by atoms with van der Waals surface area (Å²) in [7, 11) is 0. The first kappa shape index (κ1) is 10.8. The maximum Gasteiger partial charge on any atom is 0.0981 e. The predicted molar refractivity (Wildman–Crippen MR) is 65.9 cm³/mol. The standard InChI is InChI=1S/C15H24O2/c1-13(2)8-6-12-15(9-13,17-12)10-14-7-4-3-5-11(14)16-14/h11-12H,3-10H2,1-2H3. The molecule has 0 N–H and O–H groups in total. The van der Waals surface area contributed by atoms with E-state index in [1.54, 1.807) is 0 Å². The fraction of sp³-hybridized carbons (Fsp3) is 1.00. The van der Waals surface area contributed by atoms with E-state index in [2.05, 4.69) is 13.8 Å². The zero-order valence-electron chi connectivity index (χ0n) is 11.1. The minimum absolute atomic E-state index is 0.216. The summed E-state index contributed by atoms with van der Waals surface area (Å²) in [6.45, 7) is 4.80. The van der Waals surface area contributed by atoms with Gasteiger partial charge in [0.25, 0.3) is 0 Å². The Kier molecular flexibility index (Phi) is 1.96. The third-order valence-electron chi connectivity index (χ3n) is 5.59. The molecule has 2 nitrogen and oxygen atoms in total. The first-order valence-electron chi connectivity index (χ1n) is 7.39. The fourth-order valence-electron chi connectivity index (χ4n) is 4.66. The Hall–Kier alpha value is -0.0800. The Morgan fingerprint density at radius 3 is 2.53 bits per heavy atom. The number of rotatable bonds is 2. The summed E-state index contributed by atoms with van der Waals surface area (Å²) in [5, 5.41) is 0. The molecule has 2 saturated carbocycles. The molecule has 2 aliphatic carbocycles. The highest BCUT2D eigenvalue weighted by Crippen LogP contribution is 2.62. The average Bonchev–Trinajstić information content (AvgIpc) is 3.10. The number of fused-ring (bicyclic) bond motifs is 2. The Bertz CT molecular complexity index is 351. The third kappa shape index (κ3) is 1.60. The summed E-state index contributed by atoms with van der Waals surface area (Å²) < 4.78 is 12.2. The highest BCUT2D eigenvalue weighted by molar-refractivity contribution is 5.17. The second-order valence-electron chi connectivity index (χ2n) is 7.64. The van der Waals surface area contributed by atoms with E-state index in [1.807, 2.05) is 0 Å². The van der Waals surface area contributed by atoms with Crippen LogP contribution in [0.3, 0.4) is 0 Å². The van der Waals surface area contributed by atoms with Gasteiger partial charge in [-0.05, 0) is 37.5 Å². The molecule has 2 saturated heterocycles. The van der Waals surface area contributed by atoms with Crippen LogP contribution in [0.2, 0.25) is 0 Å². The van der Waals surface area contributed by atoms with Crippen molar-refractivity contribution in [2.75, 3.05) is 0 Å². The highest BCUT2D eigenvalue weighted by atomic mass is 16.6. The number of hydrogen-bond acceptors (Lipinski definition) is 2. The molecule has 2 heteroatoms.